The maximum Gasteiger partial charge on any atom is 0.187 e. The molecule has 0 aliphatic carbocycles. The van der Waals surface area contributed by atoms with Crippen molar-refractivity contribution in [1.82, 2.24) is 9.97 Å². The Hall–Kier alpha value is -2.28. The average Bonchev–Trinajstić information content (AvgIpc) is 3.34. The van der Waals surface area contributed by atoms with Crippen molar-refractivity contribution in [2.24, 2.45) is 0 Å². The maximum absolute atomic E-state index is 6.19. The number of ether oxygens (including phenoxy) is 1. The van der Waals surface area contributed by atoms with Crippen LogP contribution in [0.4, 0.5) is 10.8 Å². The highest BCUT2D eigenvalue weighted by Gasteiger charge is 2.10. The number of hydrogen-bond donors (Lipinski definition) is 2. The molecule has 2 aromatic heterocycles. The molecule has 0 radical (unpaired) electrons. The number of H-pyrrole nitrogens is 1. The number of benzene rings is 2. The number of halogens is 2. The van der Waals surface area contributed by atoms with E-state index in [0.717, 1.165) is 37.8 Å². The quantitative estimate of drug-likeness (QED) is 0.338. The number of hydrogen-bond acceptors (Lipinski definition) is 4. The highest BCUT2D eigenvalue weighted by molar-refractivity contribution is 9.10. The molecular weight excluding hydrogens is 446 g/mol. The largest absolute Gasteiger partial charge is 0.495 e. The molecule has 0 bridgehead atoms. The van der Waals surface area contributed by atoms with Gasteiger partial charge in [0, 0.05) is 38.6 Å². The molecule has 2 heterocycles. The van der Waals surface area contributed by atoms with E-state index in [1.807, 2.05) is 48.0 Å². The SMILES string of the molecule is COc1ccc(Nc2nc(-c3ccc(Br)c(-c4ccc[nH]4)c3)cs2)cc1Cl. The van der Waals surface area contributed by atoms with Gasteiger partial charge in [-0.05, 0) is 42.5 Å². The lowest BCUT2D eigenvalue weighted by atomic mass is 10.1. The van der Waals surface area contributed by atoms with E-state index in [0.29, 0.717) is 10.8 Å². The minimum absolute atomic E-state index is 0.558. The second-order valence-electron chi connectivity index (χ2n) is 5.79. The lowest BCUT2D eigenvalue weighted by Crippen LogP contribution is -1.91. The molecule has 0 aliphatic rings. The lowest BCUT2D eigenvalue weighted by Gasteiger charge is -2.07. The van der Waals surface area contributed by atoms with Gasteiger partial charge in [-0.3, -0.25) is 0 Å². The van der Waals surface area contributed by atoms with Gasteiger partial charge in [0.15, 0.2) is 5.13 Å². The molecule has 0 unspecified atom stereocenters. The minimum Gasteiger partial charge on any atom is -0.495 e. The van der Waals surface area contributed by atoms with Crippen LogP contribution in [0.5, 0.6) is 5.75 Å². The number of aromatic nitrogens is 2. The van der Waals surface area contributed by atoms with Crippen LogP contribution >= 0.6 is 38.9 Å². The minimum atomic E-state index is 0.558. The fourth-order valence-corrected chi connectivity index (χ4v) is 4.18. The van der Waals surface area contributed by atoms with Crippen molar-refractivity contribution in [3.05, 3.63) is 69.6 Å². The molecule has 2 N–H and O–H groups in total. The van der Waals surface area contributed by atoms with Gasteiger partial charge in [0.2, 0.25) is 0 Å². The highest BCUT2D eigenvalue weighted by Crippen LogP contribution is 2.34. The number of nitrogens with one attached hydrogen (secondary N) is 2. The van der Waals surface area contributed by atoms with Crippen LogP contribution in [0.15, 0.2) is 64.6 Å². The summed E-state index contributed by atoms with van der Waals surface area (Å²) in [5.41, 5.74) is 5.00. The summed E-state index contributed by atoms with van der Waals surface area (Å²) >= 11 is 11.4. The van der Waals surface area contributed by atoms with E-state index in [4.69, 9.17) is 21.3 Å². The van der Waals surface area contributed by atoms with Gasteiger partial charge in [-0.1, -0.05) is 33.6 Å². The standard InChI is InChI=1S/C20H15BrClN3OS/c1-26-19-7-5-13(10-16(19)22)24-20-25-18(11-27-20)12-4-6-15(21)14(9-12)17-3-2-8-23-17/h2-11,23H,1H3,(H,24,25). The van der Waals surface area contributed by atoms with Crippen molar-refractivity contribution in [1.29, 1.82) is 0 Å². The first-order valence-corrected chi connectivity index (χ1v) is 10.2. The normalized spacial score (nSPS) is 10.8. The summed E-state index contributed by atoms with van der Waals surface area (Å²) in [6.07, 6.45) is 1.92. The van der Waals surface area contributed by atoms with E-state index < -0.39 is 0 Å². The van der Waals surface area contributed by atoms with Gasteiger partial charge in [0.1, 0.15) is 5.75 Å². The predicted molar refractivity (Wildman–Crippen MR) is 116 cm³/mol. The monoisotopic (exact) mass is 459 g/mol. The molecule has 0 aliphatic heterocycles. The molecule has 2 aromatic carbocycles. The molecule has 4 nitrogen and oxygen atoms in total. The summed E-state index contributed by atoms with van der Waals surface area (Å²) in [5, 5.41) is 6.69. The van der Waals surface area contributed by atoms with Crippen molar-refractivity contribution in [2.45, 2.75) is 0 Å². The number of methoxy groups -OCH3 is 1. The van der Waals surface area contributed by atoms with E-state index >= 15 is 0 Å². The third kappa shape index (κ3) is 3.88. The van der Waals surface area contributed by atoms with Gasteiger partial charge in [-0.2, -0.15) is 0 Å². The smallest absolute Gasteiger partial charge is 0.187 e. The van der Waals surface area contributed by atoms with Crippen LogP contribution in [0.1, 0.15) is 0 Å². The Balaban J connectivity index is 1.59. The van der Waals surface area contributed by atoms with E-state index in [9.17, 15) is 0 Å². The first kappa shape index (κ1) is 18.1. The van der Waals surface area contributed by atoms with Crippen LogP contribution in [0.25, 0.3) is 22.5 Å². The first-order chi connectivity index (χ1) is 13.1. The van der Waals surface area contributed by atoms with Crippen molar-refractivity contribution in [2.75, 3.05) is 12.4 Å². The summed E-state index contributed by atoms with van der Waals surface area (Å²) in [5.74, 6) is 0.647. The van der Waals surface area contributed by atoms with E-state index in [1.54, 1.807) is 18.4 Å². The first-order valence-electron chi connectivity index (χ1n) is 8.14. The fraction of sp³-hybridized carbons (Fsp3) is 0.0500. The molecule has 0 amide bonds. The maximum atomic E-state index is 6.19. The zero-order valence-corrected chi connectivity index (χ0v) is 17.5. The molecule has 0 fully saturated rings. The molecular formula is C20H15BrClN3OS. The molecule has 0 atom stereocenters. The Morgan fingerprint density at radius 3 is 2.81 bits per heavy atom. The van der Waals surface area contributed by atoms with Gasteiger partial charge in [0.05, 0.1) is 17.8 Å². The van der Waals surface area contributed by atoms with Gasteiger partial charge >= 0.3 is 0 Å². The van der Waals surface area contributed by atoms with Crippen molar-refractivity contribution in [3.8, 4) is 28.3 Å². The second-order valence-corrected chi connectivity index (χ2v) is 7.91. The molecule has 0 spiro atoms. The highest BCUT2D eigenvalue weighted by atomic mass is 79.9. The third-order valence-corrected chi connectivity index (χ3v) is 5.80. The van der Waals surface area contributed by atoms with Crippen LogP contribution in [0.3, 0.4) is 0 Å². The molecule has 0 saturated heterocycles. The number of anilines is 2. The number of thiazole rings is 1. The number of aromatic amines is 1. The predicted octanol–water partition coefficient (Wildman–Crippen LogP) is 6.97. The van der Waals surface area contributed by atoms with Crippen LogP contribution in [-0.4, -0.2) is 17.1 Å². The topological polar surface area (TPSA) is 49.9 Å². The Morgan fingerprint density at radius 1 is 1.19 bits per heavy atom. The van der Waals surface area contributed by atoms with E-state index in [2.05, 4.69) is 38.4 Å². The Kier molecular flexibility index (Phi) is 5.20. The fourth-order valence-electron chi connectivity index (χ4n) is 2.72. The summed E-state index contributed by atoms with van der Waals surface area (Å²) in [6, 6.07) is 15.8. The molecule has 136 valence electrons. The number of nitrogens with zero attached hydrogens (tertiary/aromatic N) is 1. The Bertz CT molecular complexity index is 1080. The van der Waals surface area contributed by atoms with Crippen LogP contribution in [0, 0.1) is 0 Å². The molecule has 4 rings (SSSR count). The van der Waals surface area contributed by atoms with Crippen molar-refractivity contribution >= 4 is 49.7 Å². The molecule has 0 saturated carbocycles. The lowest BCUT2D eigenvalue weighted by molar-refractivity contribution is 0.415. The summed E-state index contributed by atoms with van der Waals surface area (Å²) in [4.78, 5) is 7.95. The summed E-state index contributed by atoms with van der Waals surface area (Å²) in [7, 11) is 1.60. The summed E-state index contributed by atoms with van der Waals surface area (Å²) in [6.45, 7) is 0. The zero-order valence-electron chi connectivity index (χ0n) is 14.3. The van der Waals surface area contributed by atoms with Crippen LogP contribution in [-0.2, 0) is 0 Å². The molecule has 4 aromatic rings. The van der Waals surface area contributed by atoms with Gasteiger partial charge in [-0.15, -0.1) is 11.3 Å². The van der Waals surface area contributed by atoms with Gasteiger partial charge in [0.25, 0.3) is 0 Å². The molecule has 7 heteroatoms. The van der Waals surface area contributed by atoms with Gasteiger partial charge < -0.3 is 15.0 Å². The summed E-state index contributed by atoms with van der Waals surface area (Å²) < 4.78 is 6.22. The van der Waals surface area contributed by atoms with E-state index in [-0.39, 0.29) is 0 Å². The van der Waals surface area contributed by atoms with Crippen molar-refractivity contribution < 1.29 is 4.74 Å². The molecule has 27 heavy (non-hydrogen) atoms. The average molecular weight is 461 g/mol. The Morgan fingerprint density at radius 2 is 2.07 bits per heavy atom. The second kappa shape index (κ2) is 7.76. The zero-order chi connectivity index (χ0) is 18.8. The van der Waals surface area contributed by atoms with E-state index in [1.165, 1.54) is 0 Å². The van der Waals surface area contributed by atoms with Crippen molar-refractivity contribution in [3.63, 3.8) is 0 Å². The third-order valence-electron chi connectivity index (χ3n) is 4.06. The van der Waals surface area contributed by atoms with Crippen LogP contribution < -0.4 is 10.1 Å². The number of rotatable bonds is 5. The van der Waals surface area contributed by atoms with Crippen LogP contribution in [0.2, 0.25) is 5.02 Å². The Labute approximate surface area is 174 Å². The van der Waals surface area contributed by atoms with Gasteiger partial charge in [-0.25, -0.2) is 4.98 Å².